The van der Waals surface area contributed by atoms with Crippen LogP contribution in [0.15, 0.2) is 71.6 Å². The second-order valence-corrected chi connectivity index (χ2v) is 12.2. The van der Waals surface area contributed by atoms with Crippen LogP contribution in [0.3, 0.4) is 0 Å². The number of carboxylic acids is 1. The molecule has 1 aliphatic heterocycles. The Morgan fingerprint density at radius 2 is 1.81 bits per heavy atom. The van der Waals surface area contributed by atoms with Gasteiger partial charge in [-0.2, -0.15) is 0 Å². The van der Waals surface area contributed by atoms with Gasteiger partial charge in [-0.05, 0) is 68.1 Å². The molecule has 0 spiro atoms. The highest BCUT2D eigenvalue weighted by molar-refractivity contribution is 7.92. The smallest absolute Gasteiger partial charge is 0.335 e. The lowest BCUT2D eigenvalue weighted by atomic mass is 9.99. The lowest BCUT2D eigenvalue weighted by molar-refractivity contribution is 0.0343. The number of hydrogen-bond donors (Lipinski definition) is 3. The lowest BCUT2D eigenvalue weighted by Crippen LogP contribution is -2.49. The number of amides is 1. The number of nitrogens with one attached hydrogen (secondary N) is 1. The third kappa shape index (κ3) is 7.07. The van der Waals surface area contributed by atoms with Crippen molar-refractivity contribution in [2.75, 3.05) is 31.5 Å². The van der Waals surface area contributed by atoms with Crippen molar-refractivity contribution in [2.24, 2.45) is 5.92 Å². The number of anilines is 1. The summed E-state index contributed by atoms with van der Waals surface area (Å²) in [5.41, 5.74) is 1.26. The molecule has 1 amide bonds. The standard InChI is InChI=1S/C30H34FN3O7S/c1-19-15-34(20(2)18-35)29(36)25-5-4-6-26(32-42(39,40)24-13-11-23(31)12-14-24)28(25)41-27(19)17-33(3)16-21-7-9-22(10-8-21)30(37)38/h4-14,19-20,27,32,35H,15-18H2,1-3H3,(H,37,38)/t19-,20+,27+/m1/s1. The molecule has 1 heterocycles. The highest BCUT2D eigenvalue weighted by atomic mass is 32.2. The van der Waals surface area contributed by atoms with Crippen molar-refractivity contribution in [1.29, 1.82) is 0 Å². The maximum absolute atomic E-state index is 13.7. The van der Waals surface area contributed by atoms with Gasteiger partial charge in [-0.3, -0.25) is 14.4 Å². The summed E-state index contributed by atoms with van der Waals surface area (Å²) in [5, 5.41) is 19.1. The number of nitrogens with zero attached hydrogens (tertiary/aromatic N) is 2. The van der Waals surface area contributed by atoms with E-state index in [4.69, 9.17) is 4.74 Å². The summed E-state index contributed by atoms with van der Waals surface area (Å²) in [6.07, 6.45) is -0.509. The third-order valence-electron chi connectivity index (χ3n) is 7.20. The molecule has 0 saturated heterocycles. The summed E-state index contributed by atoms with van der Waals surface area (Å²) in [5.74, 6) is -2.17. The predicted molar refractivity (Wildman–Crippen MR) is 155 cm³/mol. The molecular formula is C30H34FN3O7S. The highest BCUT2D eigenvalue weighted by Gasteiger charge is 2.35. The first-order valence-corrected chi connectivity index (χ1v) is 14.9. The topological polar surface area (TPSA) is 136 Å². The molecule has 0 bridgehead atoms. The number of carbonyl (C=O) groups is 2. The Hall–Kier alpha value is -4.00. The van der Waals surface area contributed by atoms with Gasteiger partial charge < -0.3 is 19.8 Å². The molecule has 42 heavy (non-hydrogen) atoms. The van der Waals surface area contributed by atoms with Gasteiger partial charge in [0.15, 0.2) is 5.75 Å². The minimum absolute atomic E-state index is 0.0489. The molecule has 0 fully saturated rings. The molecule has 224 valence electrons. The number of likely N-dealkylation sites (N-methyl/N-ethyl adjacent to an activating group) is 1. The number of aliphatic hydroxyl groups excluding tert-OH is 1. The molecule has 1 aliphatic rings. The fraction of sp³-hybridized carbons (Fsp3) is 0.333. The first kappa shape index (κ1) is 30.9. The van der Waals surface area contributed by atoms with Crippen LogP contribution in [0.2, 0.25) is 0 Å². The van der Waals surface area contributed by atoms with Crippen molar-refractivity contribution in [3.63, 3.8) is 0 Å². The lowest BCUT2D eigenvalue weighted by Gasteiger charge is -2.38. The minimum atomic E-state index is -4.15. The van der Waals surface area contributed by atoms with Crippen molar-refractivity contribution in [3.8, 4) is 5.75 Å². The number of para-hydroxylation sites is 1. The number of carboxylic acid groups (broad SMARTS) is 1. The molecular weight excluding hydrogens is 565 g/mol. The zero-order valence-corrected chi connectivity index (χ0v) is 24.3. The quantitative estimate of drug-likeness (QED) is 0.321. The van der Waals surface area contributed by atoms with E-state index in [1.807, 2.05) is 18.9 Å². The van der Waals surface area contributed by atoms with Crippen LogP contribution in [-0.4, -0.2) is 79.2 Å². The average Bonchev–Trinajstić information content (AvgIpc) is 2.95. The van der Waals surface area contributed by atoms with Crippen molar-refractivity contribution < 1.29 is 37.3 Å². The Morgan fingerprint density at radius 1 is 1.14 bits per heavy atom. The number of aliphatic hydroxyl groups is 1. The van der Waals surface area contributed by atoms with Crippen LogP contribution in [0.5, 0.6) is 5.75 Å². The van der Waals surface area contributed by atoms with Gasteiger partial charge in [0.05, 0.1) is 34.4 Å². The van der Waals surface area contributed by atoms with E-state index in [0.717, 1.165) is 29.8 Å². The number of benzene rings is 3. The van der Waals surface area contributed by atoms with Crippen LogP contribution in [0.25, 0.3) is 0 Å². The van der Waals surface area contributed by atoms with E-state index in [0.29, 0.717) is 13.1 Å². The van der Waals surface area contributed by atoms with E-state index in [-0.39, 0.29) is 46.5 Å². The second-order valence-electron chi connectivity index (χ2n) is 10.6. The van der Waals surface area contributed by atoms with Gasteiger partial charge in [-0.25, -0.2) is 17.6 Å². The number of ether oxygens (including phenoxy) is 1. The van der Waals surface area contributed by atoms with Crippen molar-refractivity contribution >= 4 is 27.6 Å². The number of fused-ring (bicyclic) bond motifs is 1. The fourth-order valence-corrected chi connectivity index (χ4v) is 5.86. The first-order valence-electron chi connectivity index (χ1n) is 13.4. The van der Waals surface area contributed by atoms with Crippen molar-refractivity contribution in [2.45, 2.75) is 37.4 Å². The van der Waals surface area contributed by atoms with E-state index in [9.17, 15) is 32.6 Å². The Morgan fingerprint density at radius 3 is 2.43 bits per heavy atom. The van der Waals surface area contributed by atoms with Gasteiger partial charge in [0.25, 0.3) is 15.9 Å². The SMILES string of the molecule is C[C@@H]1CN([C@@H](C)CO)C(=O)c2cccc(NS(=O)(=O)c3ccc(F)cc3)c2O[C@H]1CN(C)Cc1ccc(C(=O)O)cc1. The van der Waals surface area contributed by atoms with Crippen LogP contribution < -0.4 is 9.46 Å². The van der Waals surface area contributed by atoms with Crippen LogP contribution in [-0.2, 0) is 16.6 Å². The summed E-state index contributed by atoms with van der Waals surface area (Å²) >= 11 is 0. The van der Waals surface area contributed by atoms with Crippen LogP contribution in [0, 0.1) is 11.7 Å². The van der Waals surface area contributed by atoms with Gasteiger partial charge >= 0.3 is 5.97 Å². The molecule has 3 N–H and O–H groups in total. The van der Waals surface area contributed by atoms with Crippen LogP contribution >= 0.6 is 0 Å². The Bertz CT molecular complexity index is 1530. The predicted octanol–water partition coefficient (Wildman–Crippen LogP) is 3.68. The van der Waals surface area contributed by atoms with E-state index in [2.05, 4.69) is 4.72 Å². The maximum atomic E-state index is 13.7. The highest BCUT2D eigenvalue weighted by Crippen LogP contribution is 2.36. The molecule has 0 saturated carbocycles. The largest absolute Gasteiger partial charge is 0.486 e. The van der Waals surface area contributed by atoms with Crippen molar-refractivity contribution in [3.05, 3.63) is 89.2 Å². The molecule has 0 aliphatic carbocycles. The van der Waals surface area contributed by atoms with Gasteiger partial charge in [0.1, 0.15) is 11.9 Å². The number of aromatic carboxylic acids is 1. The maximum Gasteiger partial charge on any atom is 0.335 e. The number of carbonyl (C=O) groups excluding carboxylic acids is 1. The summed E-state index contributed by atoms with van der Waals surface area (Å²) in [7, 11) is -2.28. The summed E-state index contributed by atoms with van der Waals surface area (Å²) in [4.78, 5) is 28.3. The van der Waals surface area contributed by atoms with Crippen LogP contribution in [0.1, 0.15) is 40.1 Å². The fourth-order valence-electron chi connectivity index (χ4n) is 4.80. The molecule has 12 heteroatoms. The van der Waals surface area contributed by atoms with Gasteiger partial charge in [0, 0.05) is 25.6 Å². The van der Waals surface area contributed by atoms with Crippen LogP contribution in [0.4, 0.5) is 10.1 Å². The van der Waals surface area contributed by atoms with Gasteiger partial charge in [-0.15, -0.1) is 0 Å². The van der Waals surface area contributed by atoms with E-state index >= 15 is 0 Å². The zero-order valence-electron chi connectivity index (χ0n) is 23.5. The number of rotatable bonds is 10. The molecule has 0 aromatic heterocycles. The Labute approximate surface area is 244 Å². The van der Waals surface area contributed by atoms with Gasteiger partial charge in [0.2, 0.25) is 0 Å². The molecule has 3 atom stereocenters. The normalized spacial score (nSPS) is 18.0. The molecule has 4 rings (SSSR count). The van der Waals surface area contributed by atoms with Crippen molar-refractivity contribution in [1.82, 2.24) is 9.80 Å². The van der Waals surface area contributed by atoms with E-state index in [1.54, 1.807) is 30.0 Å². The molecule has 3 aromatic carbocycles. The molecule has 0 radical (unpaired) electrons. The monoisotopic (exact) mass is 599 g/mol. The van der Waals surface area contributed by atoms with E-state index < -0.39 is 39.9 Å². The number of halogens is 1. The second kappa shape index (κ2) is 12.9. The summed E-state index contributed by atoms with van der Waals surface area (Å²) in [6.45, 7) is 4.54. The average molecular weight is 600 g/mol. The first-order chi connectivity index (χ1) is 19.9. The Kier molecular flexibility index (Phi) is 9.50. The Balaban J connectivity index is 1.67. The molecule has 3 aromatic rings. The zero-order chi connectivity index (χ0) is 30.6. The third-order valence-corrected chi connectivity index (χ3v) is 8.59. The summed E-state index contributed by atoms with van der Waals surface area (Å²) in [6, 6.07) is 15.0. The molecule has 10 nitrogen and oxygen atoms in total. The summed E-state index contributed by atoms with van der Waals surface area (Å²) < 4.78 is 48.8. The number of sulfonamides is 1. The molecule has 0 unspecified atom stereocenters. The van der Waals surface area contributed by atoms with Gasteiger partial charge in [-0.1, -0.05) is 25.1 Å². The minimum Gasteiger partial charge on any atom is -0.486 e. The van der Waals surface area contributed by atoms with E-state index in [1.165, 1.54) is 24.3 Å². The number of hydrogen-bond acceptors (Lipinski definition) is 7.